The standard InChI is InChI=1S/C21H17BrN2O2S/c1-13-11-17(12-18(22)19(13)25)23-21(27)24-20(26)16-9-7-15(8-10-16)14-5-3-2-4-6-14/h2-12,25H,1H3,(H2,23,24,26,27). The van der Waals surface area contributed by atoms with Crippen molar-refractivity contribution in [3.8, 4) is 16.9 Å². The Hall–Kier alpha value is -2.70. The fourth-order valence-corrected chi connectivity index (χ4v) is 3.36. The predicted molar refractivity (Wildman–Crippen MR) is 116 cm³/mol. The van der Waals surface area contributed by atoms with E-state index in [9.17, 15) is 9.90 Å². The summed E-state index contributed by atoms with van der Waals surface area (Å²) < 4.78 is 0.552. The van der Waals surface area contributed by atoms with E-state index in [1.54, 1.807) is 31.2 Å². The molecule has 0 saturated heterocycles. The van der Waals surface area contributed by atoms with Gasteiger partial charge in [0.05, 0.1) is 4.47 Å². The van der Waals surface area contributed by atoms with Gasteiger partial charge in [0.1, 0.15) is 5.75 Å². The highest BCUT2D eigenvalue weighted by atomic mass is 79.9. The van der Waals surface area contributed by atoms with E-state index >= 15 is 0 Å². The summed E-state index contributed by atoms with van der Waals surface area (Å²) >= 11 is 8.49. The zero-order valence-electron chi connectivity index (χ0n) is 14.5. The highest BCUT2D eigenvalue weighted by Crippen LogP contribution is 2.30. The molecule has 3 aromatic carbocycles. The van der Waals surface area contributed by atoms with E-state index in [0.717, 1.165) is 11.1 Å². The molecule has 0 heterocycles. The van der Waals surface area contributed by atoms with Gasteiger partial charge in [-0.3, -0.25) is 10.1 Å². The minimum atomic E-state index is -0.290. The number of thiocarbonyl (C=S) groups is 1. The van der Waals surface area contributed by atoms with Gasteiger partial charge >= 0.3 is 0 Å². The Morgan fingerprint density at radius 1 is 1.00 bits per heavy atom. The van der Waals surface area contributed by atoms with E-state index in [1.165, 1.54) is 0 Å². The first-order valence-electron chi connectivity index (χ1n) is 8.21. The lowest BCUT2D eigenvalue weighted by Gasteiger charge is -2.12. The smallest absolute Gasteiger partial charge is 0.257 e. The summed E-state index contributed by atoms with van der Waals surface area (Å²) in [6.45, 7) is 1.78. The molecular formula is C21H17BrN2O2S. The van der Waals surface area contributed by atoms with Crippen LogP contribution in [-0.4, -0.2) is 16.1 Å². The number of nitrogens with one attached hydrogen (secondary N) is 2. The summed E-state index contributed by atoms with van der Waals surface area (Å²) in [4.78, 5) is 12.4. The number of hydrogen-bond acceptors (Lipinski definition) is 3. The molecule has 0 aliphatic heterocycles. The molecule has 0 radical (unpaired) electrons. The van der Waals surface area contributed by atoms with E-state index < -0.39 is 0 Å². The minimum absolute atomic E-state index is 0.175. The van der Waals surface area contributed by atoms with Gasteiger partial charge in [0.15, 0.2) is 5.11 Å². The number of rotatable bonds is 3. The van der Waals surface area contributed by atoms with Crippen LogP contribution in [0.25, 0.3) is 11.1 Å². The molecule has 6 heteroatoms. The molecule has 0 aliphatic carbocycles. The van der Waals surface area contributed by atoms with Crippen LogP contribution in [0.1, 0.15) is 15.9 Å². The van der Waals surface area contributed by atoms with Gasteiger partial charge in [-0.25, -0.2) is 0 Å². The largest absolute Gasteiger partial charge is 0.506 e. The van der Waals surface area contributed by atoms with Gasteiger partial charge in [0.2, 0.25) is 0 Å². The zero-order chi connectivity index (χ0) is 19.4. The van der Waals surface area contributed by atoms with Crippen molar-refractivity contribution in [1.29, 1.82) is 0 Å². The van der Waals surface area contributed by atoms with Crippen molar-refractivity contribution in [2.45, 2.75) is 6.92 Å². The number of carbonyl (C=O) groups is 1. The maximum atomic E-state index is 12.4. The molecule has 1 amide bonds. The zero-order valence-corrected chi connectivity index (χ0v) is 16.9. The average Bonchev–Trinajstić information content (AvgIpc) is 2.66. The van der Waals surface area contributed by atoms with Crippen molar-refractivity contribution in [2.24, 2.45) is 0 Å². The van der Waals surface area contributed by atoms with Crippen LogP contribution in [0.3, 0.4) is 0 Å². The number of phenolic OH excluding ortho intramolecular Hbond substituents is 1. The molecular weight excluding hydrogens is 424 g/mol. The number of hydrogen-bond donors (Lipinski definition) is 3. The lowest BCUT2D eigenvalue weighted by atomic mass is 10.0. The van der Waals surface area contributed by atoms with Gasteiger partial charge in [-0.2, -0.15) is 0 Å². The molecule has 0 aliphatic rings. The van der Waals surface area contributed by atoms with Crippen molar-refractivity contribution < 1.29 is 9.90 Å². The molecule has 3 N–H and O–H groups in total. The molecule has 3 rings (SSSR count). The van der Waals surface area contributed by atoms with Gasteiger partial charge in [0, 0.05) is 11.3 Å². The Kier molecular flexibility index (Phi) is 5.88. The second-order valence-electron chi connectivity index (χ2n) is 5.98. The molecule has 136 valence electrons. The lowest BCUT2D eigenvalue weighted by molar-refractivity contribution is 0.0978. The number of aryl methyl sites for hydroxylation is 1. The Balaban J connectivity index is 1.65. The second kappa shape index (κ2) is 8.33. The van der Waals surface area contributed by atoms with Crippen LogP contribution in [0.4, 0.5) is 5.69 Å². The van der Waals surface area contributed by atoms with Gasteiger partial charge < -0.3 is 10.4 Å². The molecule has 0 saturated carbocycles. The Bertz CT molecular complexity index is 966. The number of aromatic hydroxyl groups is 1. The van der Waals surface area contributed by atoms with Crippen molar-refractivity contribution in [2.75, 3.05) is 5.32 Å². The van der Waals surface area contributed by atoms with Gasteiger partial charge in [0.25, 0.3) is 5.91 Å². The topological polar surface area (TPSA) is 61.4 Å². The fraction of sp³-hybridized carbons (Fsp3) is 0.0476. The summed E-state index contributed by atoms with van der Waals surface area (Å²) in [5.41, 5.74) is 4.01. The third-order valence-electron chi connectivity index (χ3n) is 3.99. The number of amides is 1. The Labute approximate surface area is 171 Å². The third-order valence-corrected chi connectivity index (χ3v) is 4.80. The van der Waals surface area contributed by atoms with E-state index in [-0.39, 0.29) is 16.8 Å². The highest BCUT2D eigenvalue weighted by molar-refractivity contribution is 9.10. The van der Waals surface area contributed by atoms with Crippen LogP contribution in [0.2, 0.25) is 0 Å². The average molecular weight is 441 g/mol. The van der Waals surface area contributed by atoms with E-state index in [4.69, 9.17) is 12.2 Å². The van der Waals surface area contributed by atoms with E-state index in [0.29, 0.717) is 21.3 Å². The molecule has 0 atom stereocenters. The fourth-order valence-electron chi connectivity index (χ4n) is 2.59. The van der Waals surface area contributed by atoms with Crippen LogP contribution in [0.15, 0.2) is 71.2 Å². The van der Waals surface area contributed by atoms with E-state index in [2.05, 4.69) is 26.6 Å². The summed E-state index contributed by atoms with van der Waals surface area (Å²) in [7, 11) is 0. The molecule has 0 fully saturated rings. The van der Waals surface area contributed by atoms with Crippen molar-refractivity contribution in [1.82, 2.24) is 5.32 Å². The predicted octanol–water partition coefficient (Wildman–Crippen LogP) is 5.26. The number of halogens is 1. The minimum Gasteiger partial charge on any atom is -0.506 e. The summed E-state index contributed by atoms with van der Waals surface area (Å²) in [5.74, 6) is -0.115. The lowest BCUT2D eigenvalue weighted by Crippen LogP contribution is -2.34. The van der Waals surface area contributed by atoms with Crippen LogP contribution >= 0.6 is 28.1 Å². The highest BCUT2D eigenvalue weighted by Gasteiger charge is 2.10. The number of anilines is 1. The third kappa shape index (κ3) is 4.72. The SMILES string of the molecule is Cc1cc(NC(=S)NC(=O)c2ccc(-c3ccccc3)cc2)cc(Br)c1O. The molecule has 3 aromatic rings. The molecule has 0 aromatic heterocycles. The van der Waals surface area contributed by atoms with Crippen LogP contribution < -0.4 is 10.6 Å². The van der Waals surface area contributed by atoms with E-state index in [1.807, 2.05) is 42.5 Å². The van der Waals surface area contributed by atoms with Gasteiger partial charge in [-0.15, -0.1) is 0 Å². The summed E-state index contributed by atoms with van der Waals surface area (Å²) in [6, 6.07) is 20.7. The Morgan fingerprint density at radius 3 is 2.26 bits per heavy atom. The van der Waals surface area contributed by atoms with Crippen LogP contribution in [0, 0.1) is 6.92 Å². The summed E-state index contributed by atoms with van der Waals surface area (Å²) in [5, 5.41) is 15.6. The maximum absolute atomic E-state index is 12.4. The molecule has 0 spiro atoms. The first-order valence-corrected chi connectivity index (χ1v) is 9.41. The number of benzene rings is 3. The molecule has 27 heavy (non-hydrogen) atoms. The second-order valence-corrected chi connectivity index (χ2v) is 7.24. The van der Waals surface area contributed by atoms with Crippen molar-refractivity contribution >= 4 is 44.9 Å². The van der Waals surface area contributed by atoms with Crippen LogP contribution in [0.5, 0.6) is 5.75 Å². The normalized spacial score (nSPS) is 10.3. The van der Waals surface area contributed by atoms with Crippen molar-refractivity contribution in [3.05, 3.63) is 82.3 Å². The Morgan fingerprint density at radius 2 is 1.63 bits per heavy atom. The first kappa shape index (κ1) is 19.1. The summed E-state index contributed by atoms with van der Waals surface area (Å²) in [6.07, 6.45) is 0. The number of phenols is 1. The van der Waals surface area contributed by atoms with Crippen molar-refractivity contribution in [3.63, 3.8) is 0 Å². The van der Waals surface area contributed by atoms with Gasteiger partial charge in [-0.05, 0) is 76.0 Å². The molecule has 4 nitrogen and oxygen atoms in total. The first-order chi connectivity index (χ1) is 12.9. The quantitative estimate of drug-likeness (QED) is 0.384. The monoisotopic (exact) mass is 440 g/mol. The molecule has 0 bridgehead atoms. The molecule has 0 unspecified atom stereocenters. The number of carbonyl (C=O) groups excluding carboxylic acids is 1. The van der Waals surface area contributed by atoms with Crippen LogP contribution in [-0.2, 0) is 0 Å². The maximum Gasteiger partial charge on any atom is 0.257 e. The van der Waals surface area contributed by atoms with Gasteiger partial charge in [-0.1, -0.05) is 42.5 Å².